The Bertz CT molecular complexity index is 239. The van der Waals surface area contributed by atoms with Crippen molar-refractivity contribution >= 4 is 0 Å². The highest BCUT2D eigenvalue weighted by molar-refractivity contribution is 4.90. The summed E-state index contributed by atoms with van der Waals surface area (Å²) in [5, 5.41) is 3.96. The second kappa shape index (κ2) is 6.91. The normalized spacial score (nSPS) is 32.8. The van der Waals surface area contributed by atoms with Crippen LogP contribution < -0.4 is 5.32 Å². The van der Waals surface area contributed by atoms with Crippen LogP contribution in [0.15, 0.2) is 0 Å². The Morgan fingerprint density at radius 2 is 1.89 bits per heavy atom. The van der Waals surface area contributed by atoms with Crippen LogP contribution in [-0.2, 0) is 0 Å². The first-order valence-corrected chi connectivity index (χ1v) is 8.20. The third-order valence-electron chi connectivity index (χ3n) is 4.94. The minimum atomic E-state index is 0.691. The van der Waals surface area contributed by atoms with Gasteiger partial charge in [0.15, 0.2) is 0 Å². The molecule has 1 heterocycles. The summed E-state index contributed by atoms with van der Waals surface area (Å²) in [6, 6.07) is 2.28. The summed E-state index contributed by atoms with van der Waals surface area (Å²) < 4.78 is 0. The van der Waals surface area contributed by atoms with Crippen molar-refractivity contribution in [2.24, 2.45) is 5.92 Å². The quantitative estimate of drug-likeness (QED) is 0.806. The van der Waals surface area contributed by atoms with Gasteiger partial charge in [-0.2, -0.15) is 0 Å². The van der Waals surface area contributed by atoms with E-state index < -0.39 is 0 Å². The minimum absolute atomic E-state index is 0.691. The second-order valence-electron chi connectivity index (χ2n) is 6.68. The summed E-state index contributed by atoms with van der Waals surface area (Å²) >= 11 is 0. The van der Waals surface area contributed by atoms with Crippen LogP contribution in [0.4, 0.5) is 0 Å². The molecule has 0 amide bonds. The van der Waals surface area contributed by atoms with Crippen molar-refractivity contribution in [2.45, 2.75) is 83.8 Å². The van der Waals surface area contributed by atoms with Gasteiger partial charge in [0.1, 0.15) is 0 Å². The van der Waals surface area contributed by atoms with Crippen molar-refractivity contribution in [3.05, 3.63) is 0 Å². The molecule has 2 fully saturated rings. The molecule has 1 aliphatic carbocycles. The number of rotatable bonds is 5. The summed E-state index contributed by atoms with van der Waals surface area (Å²) in [6.07, 6.45) is 9.97. The van der Waals surface area contributed by atoms with Crippen LogP contribution in [0.25, 0.3) is 0 Å². The van der Waals surface area contributed by atoms with Crippen molar-refractivity contribution in [1.29, 1.82) is 0 Å². The molecule has 1 saturated heterocycles. The molecule has 106 valence electrons. The van der Waals surface area contributed by atoms with Crippen LogP contribution in [0, 0.1) is 5.92 Å². The fourth-order valence-corrected chi connectivity index (χ4v) is 3.85. The van der Waals surface area contributed by atoms with E-state index in [-0.39, 0.29) is 0 Å². The van der Waals surface area contributed by atoms with Crippen LogP contribution in [0.2, 0.25) is 0 Å². The maximum absolute atomic E-state index is 3.96. The number of hydrogen-bond acceptors (Lipinski definition) is 2. The van der Waals surface area contributed by atoms with Crippen molar-refractivity contribution in [3.63, 3.8) is 0 Å². The molecular weight excluding hydrogens is 220 g/mol. The zero-order chi connectivity index (χ0) is 13.0. The summed E-state index contributed by atoms with van der Waals surface area (Å²) in [4.78, 5) is 2.65. The average Bonchev–Trinajstić information content (AvgIpc) is 2.38. The van der Waals surface area contributed by atoms with Crippen LogP contribution in [0.3, 0.4) is 0 Å². The van der Waals surface area contributed by atoms with E-state index in [0.29, 0.717) is 6.04 Å². The highest BCUT2D eigenvalue weighted by Crippen LogP contribution is 2.32. The molecule has 2 rings (SSSR count). The van der Waals surface area contributed by atoms with Gasteiger partial charge < -0.3 is 5.32 Å². The second-order valence-corrected chi connectivity index (χ2v) is 6.68. The zero-order valence-corrected chi connectivity index (χ0v) is 12.6. The lowest BCUT2D eigenvalue weighted by Gasteiger charge is -2.42. The summed E-state index contributed by atoms with van der Waals surface area (Å²) in [5.74, 6) is 0.994. The predicted molar refractivity (Wildman–Crippen MR) is 78.9 cm³/mol. The molecule has 0 aromatic carbocycles. The third-order valence-corrected chi connectivity index (χ3v) is 4.94. The van der Waals surface area contributed by atoms with Gasteiger partial charge in [0, 0.05) is 24.7 Å². The zero-order valence-electron chi connectivity index (χ0n) is 12.6. The fraction of sp³-hybridized carbons (Fsp3) is 1.00. The van der Waals surface area contributed by atoms with Gasteiger partial charge in [-0.3, -0.25) is 4.90 Å². The van der Waals surface area contributed by atoms with Gasteiger partial charge in [-0.25, -0.2) is 0 Å². The van der Waals surface area contributed by atoms with Crippen molar-refractivity contribution < 1.29 is 0 Å². The van der Waals surface area contributed by atoms with Gasteiger partial charge >= 0.3 is 0 Å². The van der Waals surface area contributed by atoms with Crippen LogP contribution in [0.1, 0.15) is 65.7 Å². The van der Waals surface area contributed by atoms with Gasteiger partial charge in [0.2, 0.25) is 0 Å². The first kappa shape index (κ1) is 14.3. The van der Waals surface area contributed by atoms with Crippen LogP contribution in [0.5, 0.6) is 0 Å². The van der Waals surface area contributed by atoms with Crippen molar-refractivity contribution in [3.8, 4) is 0 Å². The number of hydrogen-bond donors (Lipinski definition) is 1. The number of fused-ring (bicyclic) bond motifs is 1. The molecule has 0 aromatic heterocycles. The molecule has 18 heavy (non-hydrogen) atoms. The monoisotopic (exact) mass is 252 g/mol. The van der Waals surface area contributed by atoms with E-state index in [2.05, 4.69) is 31.0 Å². The molecule has 3 unspecified atom stereocenters. The molecule has 3 atom stereocenters. The van der Waals surface area contributed by atoms with Crippen molar-refractivity contribution in [2.75, 3.05) is 13.1 Å². The molecule has 0 aromatic rings. The SMILES string of the molecule is CCCN(CC1CCC2CCCCC2N1)C(C)C. The van der Waals surface area contributed by atoms with Gasteiger partial charge in [-0.15, -0.1) is 0 Å². The van der Waals surface area contributed by atoms with E-state index in [4.69, 9.17) is 0 Å². The Balaban J connectivity index is 1.82. The molecule has 2 heteroatoms. The fourth-order valence-electron chi connectivity index (χ4n) is 3.85. The smallest absolute Gasteiger partial charge is 0.0197 e. The van der Waals surface area contributed by atoms with Crippen molar-refractivity contribution in [1.82, 2.24) is 10.2 Å². The van der Waals surface area contributed by atoms with E-state index in [1.54, 1.807) is 0 Å². The average molecular weight is 252 g/mol. The minimum Gasteiger partial charge on any atom is -0.310 e. The molecule has 1 aliphatic heterocycles. The van der Waals surface area contributed by atoms with E-state index >= 15 is 0 Å². The van der Waals surface area contributed by atoms with Gasteiger partial charge in [-0.05, 0) is 58.4 Å². The lowest BCUT2D eigenvalue weighted by Crippen LogP contribution is -2.53. The topological polar surface area (TPSA) is 15.3 Å². The molecule has 0 radical (unpaired) electrons. The maximum atomic E-state index is 3.96. The molecule has 0 bridgehead atoms. The highest BCUT2D eigenvalue weighted by Gasteiger charge is 2.32. The molecule has 1 saturated carbocycles. The summed E-state index contributed by atoms with van der Waals surface area (Å²) in [5.41, 5.74) is 0. The molecule has 2 nitrogen and oxygen atoms in total. The Kier molecular flexibility index (Phi) is 5.50. The highest BCUT2D eigenvalue weighted by atomic mass is 15.2. The van der Waals surface area contributed by atoms with Crippen LogP contribution >= 0.6 is 0 Å². The lowest BCUT2D eigenvalue weighted by molar-refractivity contribution is 0.130. The van der Waals surface area contributed by atoms with E-state index in [9.17, 15) is 0 Å². The predicted octanol–water partition coefficient (Wildman–Crippen LogP) is 3.42. The lowest BCUT2D eigenvalue weighted by atomic mass is 9.77. The largest absolute Gasteiger partial charge is 0.310 e. The molecular formula is C16H32N2. The number of nitrogens with zero attached hydrogens (tertiary/aromatic N) is 1. The Hall–Kier alpha value is -0.0800. The molecule has 1 N–H and O–H groups in total. The van der Waals surface area contributed by atoms with Crippen LogP contribution in [-0.4, -0.2) is 36.1 Å². The first-order chi connectivity index (χ1) is 8.70. The molecule has 2 aliphatic rings. The summed E-state index contributed by atoms with van der Waals surface area (Å²) in [7, 11) is 0. The Labute approximate surface area is 114 Å². The van der Waals surface area contributed by atoms with Gasteiger partial charge in [0.05, 0.1) is 0 Å². The van der Waals surface area contributed by atoms with E-state index in [1.807, 2.05) is 0 Å². The van der Waals surface area contributed by atoms with E-state index in [0.717, 1.165) is 18.0 Å². The first-order valence-electron chi connectivity index (χ1n) is 8.20. The van der Waals surface area contributed by atoms with Gasteiger partial charge in [-0.1, -0.05) is 19.8 Å². The van der Waals surface area contributed by atoms with Gasteiger partial charge in [0.25, 0.3) is 0 Å². The Morgan fingerprint density at radius 1 is 1.11 bits per heavy atom. The third kappa shape index (κ3) is 3.71. The number of nitrogens with one attached hydrogen (secondary N) is 1. The Morgan fingerprint density at radius 3 is 2.61 bits per heavy atom. The number of piperidine rings is 1. The maximum Gasteiger partial charge on any atom is 0.0197 e. The molecule has 0 spiro atoms. The standard InChI is InChI=1S/C16H32N2/c1-4-11-18(13(2)3)12-15-10-9-14-7-5-6-8-16(14)17-15/h13-17H,4-12H2,1-3H3. The summed E-state index contributed by atoms with van der Waals surface area (Å²) in [6.45, 7) is 9.48. The van der Waals surface area contributed by atoms with E-state index in [1.165, 1.54) is 58.0 Å².